The third-order valence-electron chi connectivity index (χ3n) is 5.09. The number of hydrogen-bond acceptors (Lipinski definition) is 5. The molecule has 0 saturated carbocycles. The van der Waals surface area contributed by atoms with Gasteiger partial charge in [0.25, 0.3) is 0 Å². The van der Waals surface area contributed by atoms with Crippen molar-refractivity contribution in [1.82, 2.24) is 5.32 Å². The summed E-state index contributed by atoms with van der Waals surface area (Å²) in [5.41, 5.74) is 6.28. The summed E-state index contributed by atoms with van der Waals surface area (Å²) in [7, 11) is 0. The van der Waals surface area contributed by atoms with Gasteiger partial charge in [-0.3, -0.25) is 0 Å². The van der Waals surface area contributed by atoms with E-state index in [0.717, 1.165) is 47.6 Å². The van der Waals surface area contributed by atoms with Crippen molar-refractivity contribution in [2.24, 2.45) is 0 Å². The zero-order chi connectivity index (χ0) is 15.6. The SMILES string of the molecule is OCc1cc2c(cc1O)CC1NCCc3cc4c(c-2c31)OCO4. The number of phenols is 1. The summed E-state index contributed by atoms with van der Waals surface area (Å²) in [6, 6.07) is 5.99. The van der Waals surface area contributed by atoms with E-state index in [9.17, 15) is 10.2 Å². The Labute approximate surface area is 133 Å². The minimum Gasteiger partial charge on any atom is -0.508 e. The molecule has 2 aromatic carbocycles. The van der Waals surface area contributed by atoms with Gasteiger partial charge in [0, 0.05) is 17.2 Å². The van der Waals surface area contributed by atoms with E-state index in [2.05, 4.69) is 11.4 Å². The van der Waals surface area contributed by atoms with Gasteiger partial charge in [0.1, 0.15) is 5.75 Å². The number of rotatable bonds is 1. The Morgan fingerprint density at radius 2 is 2.09 bits per heavy atom. The van der Waals surface area contributed by atoms with Crippen molar-refractivity contribution < 1.29 is 19.7 Å². The summed E-state index contributed by atoms with van der Waals surface area (Å²) in [4.78, 5) is 0. The van der Waals surface area contributed by atoms with Crippen molar-refractivity contribution in [2.75, 3.05) is 13.3 Å². The van der Waals surface area contributed by atoms with E-state index < -0.39 is 0 Å². The number of aromatic hydroxyl groups is 1. The first-order valence-electron chi connectivity index (χ1n) is 7.91. The fourth-order valence-electron chi connectivity index (χ4n) is 4.06. The molecule has 23 heavy (non-hydrogen) atoms. The second-order valence-electron chi connectivity index (χ2n) is 6.32. The van der Waals surface area contributed by atoms with E-state index in [-0.39, 0.29) is 25.2 Å². The van der Waals surface area contributed by atoms with Gasteiger partial charge in [-0.25, -0.2) is 0 Å². The lowest BCUT2D eigenvalue weighted by Gasteiger charge is -2.35. The van der Waals surface area contributed by atoms with Gasteiger partial charge in [0.05, 0.1) is 6.61 Å². The van der Waals surface area contributed by atoms with Gasteiger partial charge in [0.15, 0.2) is 11.5 Å². The maximum absolute atomic E-state index is 10.1. The third-order valence-corrected chi connectivity index (χ3v) is 5.09. The molecule has 3 N–H and O–H groups in total. The number of nitrogens with one attached hydrogen (secondary N) is 1. The van der Waals surface area contributed by atoms with Crippen molar-refractivity contribution in [1.29, 1.82) is 0 Å². The highest BCUT2D eigenvalue weighted by Gasteiger charge is 2.35. The number of hydrogen-bond donors (Lipinski definition) is 3. The van der Waals surface area contributed by atoms with Crippen LogP contribution in [0.25, 0.3) is 11.1 Å². The van der Waals surface area contributed by atoms with E-state index in [1.807, 2.05) is 6.07 Å². The molecule has 5 nitrogen and oxygen atoms in total. The summed E-state index contributed by atoms with van der Waals surface area (Å²) in [5, 5.41) is 23.2. The average molecular weight is 311 g/mol. The van der Waals surface area contributed by atoms with Crippen LogP contribution in [0.4, 0.5) is 0 Å². The molecule has 0 radical (unpaired) electrons. The van der Waals surface area contributed by atoms with Gasteiger partial charge >= 0.3 is 0 Å². The van der Waals surface area contributed by atoms with Gasteiger partial charge in [-0.1, -0.05) is 0 Å². The largest absolute Gasteiger partial charge is 0.508 e. The number of aliphatic hydroxyl groups is 1. The molecule has 5 rings (SSSR count). The molecule has 2 heterocycles. The zero-order valence-corrected chi connectivity index (χ0v) is 12.6. The lowest BCUT2D eigenvalue weighted by atomic mass is 9.77. The van der Waals surface area contributed by atoms with Crippen molar-refractivity contribution >= 4 is 0 Å². The molecule has 1 atom stereocenters. The second kappa shape index (κ2) is 4.63. The first-order valence-corrected chi connectivity index (χ1v) is 7.91. The van der Waals surface area contributed by atoms with Crippen LogP contribution in [0.5, 0.6) is 17.2 Å². The Bertz CT molecular complexity index is 831. The molecule has 2 aromatic rings. The predicted octanol–water partition coefficient (Wildman–Crippen LogP) is 2.02. The van der Waals surface area contributed by atoms with E-state index in [4.69, 9.17) is 9.47 Å². The second-order valence-corrected chi connectivity index (χ2v) is 6.32. The molecule has 3 aliphatic rings. The molecule has 1 aliphatic carbocycles. The molecular weight excluding hydrogens is 294 g/mol. The summed E-state index contributed by atoms with van der Waals surface area (Å²) in [6.45, 7) is 0.992. The van der Waals surface area contributed by atoms with Crippen LogP contribution in [0.15, 0.2) is 18.2 Å². The fourth-order valence-corrected chi connectivity index (χ4v) is 4.06. The predicted molar refractivity (Wildman–Crippen MR) is 83.7 cm³/mol. The molecule has 1 unspecified atom stereocenters. The van der Waals surface area contributed by atoms with Crippen LogP contribution in [-0.2, 0) is 19.4 Å². The Kier molecular flexibility index (Phi) is 2.66. The molecule has 0 spiro atoms. The highest BCUT2D eigenvalue weighted by Crippen LogP contribution is 2.52. The number of ether oxygens (including phenoxy) is 2. The van der Waals surface area contributed by atoms with E-state index in [1.165, 1.54) is 11.1 Å². The van der Waals surface area contributed by atoms with Crippen LogP contribution in [-0.4, -0.2) is 23.6 Å². The summed E-state index contributed by atoms with van der Waals surface area (Å²) >= 11 is 0. The minimum absolute atomic E-state index is 0.149. The van der Waals surface area contributed by atoms with Crippen LogP contribution in [0.1, 0.15) is 28.3 Å². The van der Waals surface area contributed by atoms with Gasteiger partial charge in [-0.05, 0) is 59.8 Å². The summed E-state index contributed by atoms with van der Waals surface area (Å²) < 4.78 is 11.4. The highest BCUT2D eigenvalue weighted by molar-refractivity contribution is 5.84. The van der Waals surface area contributed by atoms with Crippen LogP contribution in [0, 0.1) is 0 Å². The molecule has 0 amide bonds. The van der Waals surface area contributed by atoms with Crippen molar-refractivity contribution in [3.63, 3.8) is 0 Å². The lowest BCUT2D eigenvalue weighted by molar-refractivity contribution is 0.174. The molecule has 0 fully saturated rings. The number of benzene rings is 2. The smallest absolute Gasteiger partial charge is 0.231 e. The monoisotopic (exact) mass is 311 g/mol. The van der Waals surface area contributed by atoms with Crippen LogP contribution >= 0.6 is 0 Å². The first kappa shape index (κ1) is 13.2. The average Bonchev–Trinajstić information content (AvgIpc) is 3.02. The molecule has 2 aliphatic heterocycles. The molecular formula is C18H17NO4. The molecule has 0 bridgehead atoms. The van der Waals surface area contributed by atoms with Crippen LogP contribution in [0.3, 0.4) is 0 Å². The van der Waals surface area contributed by atoms with Crippen molar-refractivity contribution in [3.8, 4) is 28.4 Å². The van der Waals surface area contributed by atoms with E-state index >= 15 is 0 Å². The van der Waals surface area contributed by atoms with Crippen LogP contribution in [0.2, 0.25) is 0 Å². The molecule has 118 valence electrons. The Balaban J connectivity index is 1.85. The maximum Gasteiger partial charge on any atom is 0.231 e. The molecule has 0 aromatic heterocycles. The standard InChI is InChI=1S/C18H17NO4/c20-7-11-3-12-10(5-14(11)21)4-13-16-9(1-2-19-13)6-15-18(17(12)16)23-8-22-15/h3,5-6,13,19-21H,1-2,4,7-8H2. The Morgan fingerprint density at radius 3 is 2.96 bits per heavy atom. The fraction of sp³-hybridized carbons (Fsp3) is 0.333. The summed E-state index contributed by atoms with van der Waals surface area (Å²) in [5.74, 6) is 1.73. The highest BCUT2D eigenvalue weighted by atomic mass is 16.7. The molecule has 5 heteroatoms. The topological polar surface area (TPSA) is 71.0 Å². The van der Waals surface area contributed by atoms with Gasteiger partial charge in [-0.15, -0.1) is 0 Å². The quantitative estimate of drug-likeness (QED) is 0.751. The Morgan fingerprint density at radius 1 is 1.17 bits per heavy atom. The normalized spacial score (nSPS) is 20.1. The lowest BCUT2D eigenvalue weighted by Crippen LogP contribution is -2.33. The maximum atomic E-state index is 10.1. The van der Waals surface area contributed by atoms with Crippen LogP contribution < -0.4 is 14.8 Å². The van der Waals surface area contributed by atoms with E-state index in [0.29, 0.717) is 5.56 Å². The van der Waals surface area contributed by atoms with Gasteiger partial charge in [0.2, 0.25) is 6.79 Å². The van der Waals surface area contributed by atoms with Gasteiger partial charge in [-0.2, -0.15) is 0 Å². The number of fused-ring (bicyclic) bond motifs is 4. The summed E-state index contributed by atoms with van der Waals surface area (Å²) in [6.07, 6.45) is 1.80. The van der Waals surface area contributed by atoms with Crippen molar-refractivity contribution in [3.05, 3.63) is 40.5 Å². The van der Waals surface area contributed by atoms with Crippen molar-refractivity contribution in [2.45, 2.75) is 25.5 Å². The first-order chi connectivity index (χ1) is 11.3. The third kappa shape index (κ3) is 1.75. The molecule has 0 saturated heterocycles. The number of aliphatic hydroxyl groups excluding tert-OH is 1. The zero-order valence-electron chi connectivity index (χ0n) is 12.6. The minimum atomic E-state index is -0.185. The van der Waals surface area contributed by atoms with E-state index in [1.54, 1.807) is 6.07 Å². The Hall–Kier alpha value is -2.24. The van der Waals surface area contributed by atoms with Gasteiger partial charge < -0.3 is 25.0 Å².